The second-order valence-electron chi connectivity index (χ2n) is 8.03. The molecule has 0 radical (unpaired) electrons. The Morgan fingerprint density at radius 3 is 2.53 bits per heavy atom. The molecule has 12 heteroatoms. The fourth-order valence-electron chi connectivity index (χ4n) is 3.52. The number of benzene rings is 1. The van der Waals surface area contributed by atoms with Crippen LogP contribution in [0.1, 0.15) is 26.4 Å². The molecule has 0 unspecified atom stereocenters. The quantitative estimate of drug-likeness (QED) is 0.369. The van der Waals surface area contributed by atoms with Crippen molar-refractivity contribution >= 4 is 49.1 Å². The van der Waals surface area contributed by atoms with E-state index in [1.54, 1.807) is 35.9 Å². The predicted octanol–water partition coefficient (Wildman–Crippen LogP) is 1.66. The highest BCUT2D eigenvalue weighted by Crippen LogP contribution is 2.30. The molecule has 2 heterocycles. The number of nitrogens with one attached hydrogen (secondary N) is 2. The van der Waals surface area contributed by atoms with Crippen molar-refractivity contribution in [3.8, 4) is 0 Å². The van der Waals surface area contributed by atoms with Gasteiger partial charge in [-0.25, -0.2) is 13.1 Å². The number of fused-ring (bicyclic) bond motifs is 1. The van der Waals surface area contributed by atoms with Gasteiger partial charge in [0.15, 0.2) is 0 Å². The molecule has 0 fully saturated rings. The lowest BCUT2D eigenvalue weighted by molar-refractivity contribution is 0.0949. The molecule has 0 atom stereocenters. The van der Waals surface area contributed by atoms with Crippen molar-refractivity contribution in [3.63, 3.8) is 0 Å². The van der Waals surface area contributed by atoms with E-state index in [2.05, 4.69) is 10.0 Å². The third-order valence-electron chi connectivity index (χ3n) is 5.21. The van der Waals surface area contributed by atoms with E-state index in [4.69, 9.17) is 11.6 Å². The van der Waals surface area contributed by atoms with Gasteiger partial charge in [-0.15, -0.1) is 11.3 Å². The number of aromatic nitrogens is 1. The number of aryl methyl sites for hydroxylation is 1. The maximum Gasteiger partial charge on any atom is 0.257 e. The summed E-state index contributed by atoms with van der Waals surface area (Å²) in [6.07, 6.45) is 2.54. The number of aliphatic hydroxyl groups is 1. The molecular formula is C22H27ClN4O5S2. The first-order valence-electron chi connectivity index (χ1n) is 10.4. The normalized spacial score (nSPS) is 11.9. The van der Waals surface area contributed by atoms with E-state index in [0.29, 0.717) is 33.9 Å². The van der Waals surface area contributed by atoms with Gasteiger partial charge >= 0.3 is 0 Å². The Morgan fingerprint density at radius 2 is 1.91 bits per heavy atom. The van der Waals surface area contributed by atoms with Crippen molar-refractivity contribution < 1.29 is 18.3 Å². The van der Waals surface area contributed by atoms with Gasteiger partial charge < -0.3 is 15.0 Å². The van der Waals surface area contributed by atoms with Crippen LogP contribution in [0.2, 0.25) is 5.02 Å². The number of likely N-dealkylation sites (N-methyl/N-ethyl adjacent to an activating group) is 1. The maximum atomic E-state index is 13.3. The average Bonchev–Trinajstić information content (AvgIpc) is 3.12. The monoisotopic (exact) mass is 526 g/mol. The highest BCUT2D eigenvalue weighted by Gasteiger charge is 2.22. The molecule has 184 valence electrons. The third kappa shape index (κ3) is 6.44. The Balaban J connectivity index is 1.99. The number of carbonyl (C=O) groups is 1. The number of hydrogen-bond donors (Lipinski definition) is 3. The average molecular weight is 527 g/mol. The fraction of sp³-hybridized carbons (Fsp3) is 0.364. The summed E-state index contributed by atoms with van der Waals surface area (Å²) in [7, 11) is 0.0754. The molecule has 0 spiro atoms. The predicted molar refractivity (Wildman–Crippen MR) is 135 cm³/mol. The summed E-state index contributed by atoms with van der Waals surface area (Å²) in [5.74, 6) is -0.499. The van der Waals surface area contributed by atoms with Crippen LogP contribution in [0.3, 0.4) is 0 Å². The molecule has 34 heavy (non-hydrogen) atoms. The van der Waals surface area contributed by atoms with E-state index in [9.17, 15) is 23.1 Å². The van der Waals surface area contributed by atoms with Crippen molar-refractivity contribution in [1.82, 2.24) is 19.5 Å². The largest absolute Gasteiger partial charge is 0.395 e. The summed E-state index contributed by atoms with van der Waals surface area (Å²) < 4.78 is 28.0. The minimum Gasteiger partial charge on any atom is -0.395 e. The van der Waals surface area contributed by atoms with Crippen LogP contribution in [0.4, 0.5) is 0 Å². The van der Waals surface area contributed by atoms with E-state index < -0.39 is 21.4 Å². The smallest absolute Gasteiger partial charge is 0.257 e. The van der Waals surface area contributed by atoms with Crippen LogP contribution in [-0.2, 0) is 36.7 Å². The molecule has 3 N–H and O–H groups in total. The lowest BCUT2D eigenvalue weighted by atomic mass is 10.1. The molecule has 3 aromatic rings. The second-order valence-corrected chi connectivity index (χ2v) is 11.4. The number of carbonyl (C=O) groups excluding carboxylic acids is 1. The topological polar surface area (TPSA) is 121 Å². The number of rotatable bonds is 10. The summed E-state index contributed by atoms with van der Waals surface area (Å²) in [4.78, 5) is 28.8. The summed E-state index contributed by atoms with van der Waals surface area (Å²) in [6.45, 7) is 1.05. The molecule has 2 aromatic heterocycles. The number of pyridine rings is 1. The lowest BCUT2D eigenvalue weighted by Crippen LogP contribution is -2.29. The van der Waals surface area contributed by atoms with Gasteiger partial charge in [0.1, 0.15) is 5.56 Å². The van der Waals surface area contributed by atoms with Crippen LogP contribution in [0.25, 0.3) is 10.2 Å². The zero-order valence-corrected chi connectivity index (χ0v) is 21.5. The standard InChI is InChI=1S/C22H27ClN4O5S2/c1-26(8-9-28)13-18-16(11-25-34(3,31)32)19-21(33-18)20(29)17(12-27(19)2)22(30)24-10-14-4-6-15(23)7-5-14/h4-7,12,25,28H,8-11,13H2,1-3H3,(H,24,30). The van der Waals surface area contributed by atoms with Gasteiger partial charge in [-0.05, 0) is 24.7 Å². The highest BCUT2D eigenvalue weighted by molar-refractivity contribution is 7.88. The van der Waals surface area contributed by atoms with Crippen LogP contribution in [-0.4, -0.2) is 55.4 Å². The fourth-order valence-corrected chi connectivity index (χ4v) is 5.44. The molecule has 0 aliphatic heterocycles. The Kier molecular flexibility index (Phi) is 8.50. The summed E-state index contributed by atoms with van der Waals surface area (Å²) in [5.41, 5.74) is 1.68. The van der Waals surface area contributed by atoms with Crippen molar-refractivity contribution in [2.75, 3.05) is 26.5 Å². The van der Waals surface area contributed by atoms with Gasteiger partial charge in [-0.1, -0.05) is 23.7 Å². The van der Waals surface area contributed by atoms with Crippen molar-refractivity contribution in [2.45, 2.75) is 19.6 Å². The molecule has 0 bridgehead atoms. The zero-order valence-electron chi connectivity index (χ0n) is 19.1. The number of aliphatic hydroxyl groups excluding tert-OH is 1. The number of nitrogens with zero attached hydrogens (tertiary/aromatic N) is 2. The molecule has 1 aromatic carbocycles. The van der Waals surface area contributed by atoms with Gasteiger partial charge in [0, 0.05) is 54.9 Å². The second kappa shape index (κ2) is 11.0. The number of hydrogen-bond acceptors (Lipinski definition) is 7. The van der Waals surface area contributed by atoms with Gasteiger partial charge in [0.05, 0.1) is 23.1 Å². The molecule has 3 rings (SSSR count). The van der Waals surface area contributed by atoms with Crippen LogP contribution >= 0.6 is 22.9 Å². The first-order valence-corrected chi connectivity index (χ1v) is 13.5. The van der Waals surface area contributed by atoms with Crippen LogP contribution in [0.15, 0.2) is 35.3 Å². The summed E-state index contributed by atoms with van der Waals surface area (Å²) in [5, 5.41) is 12.6. The zero-order chi connectivity index (χ0) is 25.0. The molecule has 0 aliphatic carbocycles. The minimum absolute atomic E-state index is 0.00287. The van der Waals surface area contributed by atoms with E-state index >= 15 is 0 Å². The maximum absolute atomic E-state index is 13.3. The van der Waals surface area contributed by atoms with E-state index in [0.717, 1.165) is 16.7 Å². The van der Waals surface area contributed by atoms with E-state index in [-0.39, 0.29) is 25.3 Å². The first-order chi connectivity index (χ1) is 16.0. The molecule has 1 amide bonds. The van der Waals surface area contributed by atoms with Crippen molar-refractivity contribution in [2.24, 2.45) is 7.05 Å². The van der Waals surface area contributed by atoms with Gasteiger partial charge in [0.2, 0.25) is 15.5 Å². The first kappa shape index (κ1) is 26.3. The number of thiophene rings is 1. The van der Waals surface area contributed by atoms with Gasteiger partial charge in [0.25, 0.3) is 5.91 Å². The number of halogens is 1. The molecule has 9 nitrogen and oxygen atoms in total. The van der Waals surface area contributed by atoms with Crippen molar-refractivity contribution in [1.29, 1.82) is 0 Å². The molecule has 0 aliphatic rings. The van der Waals surface area contributed by atoms with Crippen molar-refractivity contribution in [3.05, 3.63) is 67.3 Å². The van der Waals surface area contributed by atoms with Gasteiger partial charge in [-0.3, -0.25) is 14.5 Å². The molecule has 0 saturated heterocycles. The van der Waals surface area contributed by atoms with Gasteiger partial charge in [-0.2, -0.15) is 0 Å². The Labute approximate surface area is 207 Å². The highest BCUT2D eigenvalue weighted by atomic mass is 35.5. The third-order valence-corrected chi connectivity index (χ3v) is 7.33. The Hall–Kier alpha value is -2.28. The minimum atomic E-state index is -3.46. The number of sulfonamides is 1. The van der Waals surface area contributed by atoms with E-state index in [1.807, 2.05) is 11.9 Å². The lowest BCUT2D eigenvalue weighted by Gasteiger charge is -2.15. The van der Waals surface area contributed by atoms with Crippen LogP contribution in [0, 0.1) is 0 Å². The van der Waals surface area contributed by atoms with E-state index in [1.165, 1.54) is 17.5 Å². The number of amides is 1. The Bertz CT molecular complexity index is 1350. The Morgan fingerprint density at radius 1 is 1.24 bits per heavy atom. The van der Waals surface area contributed by atoms with Crippen LogP contribution in [0.5, 0.6) is 0 Å². The summed E-state index contributed by atoms with van der Waals surface area (Å²) in [6, 6.07) is 7.03. The molecular weight excluding hydrogens is 500 g/mol. The SMILES string of the molecule is CN(CCO)Cc1sc2c(=O)c(C(=O)NCc3ccc(Cl)cc3)cn(C)c2c1CNS(C)(=O)=O. The summed E-state index contributed by atoms with van der Waals surface area (Å²) >= 11 is 7.12. The van der Waals surface area contributed by atoms with Crippen LogP contribution < -0.4 is 15.5 Å². The molecule has 0 saturated carbocycles.